The predicted octanol–water partition coefficient (Wildman–Crippen LogP) is -0.185. The Morgan fingerprint density at radius 3 is 2.07 bits per heavy atom. The maximum atomic E-state index is 12.7. The van der Waals surface area contributed by atoms with Gasteiger partial charge in [-0.15, -0.1) is 0 Å². The van der Waals surface area contributed by atoms with E-state index in [4.69, 9.17) is 38.6 Å². The minimum Gasteiger partial charge on any atom is -0.467 e. The lowest BCUT2D eigenvalue weighted by Crippen LogP contribution is -2.49. The molecule has 0 fully saturated rings. The molecule has 57 heavy (non-hydrogen) atoms. The van der Waals surface area contributed by atoms with Crippen molar-refractivity contribution in [3.8, 4) is 11.1 Å². The summed E-state index contributed by atoms with van der Waals surface area (Å²) in [7, 11) is 1.25. The first-order valence-electron chi connectivity index (χ1n) is 18.5. The Morgan fingerprint density at radius 2 is 1.46 bits per heavy atom. The molecule has 0 aliphatic carbocycles. The van der Waals surface area contributed by atoms with Gasteiger partial charge >= 0.3 is 5.97 Å². The highest BCUT2D eigenvalue weighted by atomic mass is 35.5. The zero-order valence-corrected chi connectivity index (χ0v) is 32.6. The molecule has 5 atom stereocenters. The Labute approximate surface area is 335 Å². The maximum absolute atomic E-state index is 12.7. The SMILES string of the molecule is COC(=O)[C@@H](CCCCNC[C@H](O)[C@@H](O)[C@H](O)[C@H](O)CO)NC(=O)CCc1ccc(-c2ccc(CCCCN=C(N)NC(=O)c3nc(Cl)c(N)nc3N)cc2)cc1. The number of guanidine groups is 1. The van der Waals surface area contributed by atoms with Crippen LogP contribution in [0.1, 0.15) is 60.1 Å². The van der Waals surface area contributed by atoms with Crippen molar-refractivity contribution >= 4 is 47.0 Å². The largest absolute Gasteiger partial charge is 0.467 e. The summed E-state index contributed by atoms with van der Waals surface area (Å²) in [6, 6.07) is 15.4. The normalized spacial score (nSPS) is 14.3. The van der Waals surface area contributed by atoms with Crippen molar-refractivity contribution in [3.05, 3.63) is 70.5 Å². The molecule has 14 N–H and O–H groups in total. The lowest BCUT2D eigenvalue weighted by Gasteiger charge is -2.25. The number of nitrogens with two attached hydrogens (primary N) is 3. The molecule has 0 saturated carbocycles. The Balaban J connectivity index is 1.35. The van der Waals surface area contributed by atoms with Crippen molar-refractivity contribution in [1.29, 1.82) is 0 Å². The smallest absolute Gasteiger partial charge is 0.328 e. The van der Waals surface area contributed by atoms with E-state index in [0.717, 1.165) is 41.5 Å². The van der Waals surface area contributed by atoms with Crippen molar-refractivity contribution in [3.63, 3.8) is 0 Å². The molecule has 19 heteroatoms. The number of methoxy groups -OCH3 is 1. The van der Waals surface area contributed by atoms with Crippen LogP contribution in [-0.2, 0) is 27.2 Å². The molecule has 0 bridgehead atoms. The summed E-state index contributed by atoms with van der Waals surface area (Å²) in [5.74, 6) is -1.87. The van der Waals surface area contributed by atoms with E-state index in [1.54, 1.807) is 0 Å². The van der Waals surface area contributed by atoms with E-state index < -0.39 is 48.9 Å². The number of nitrogens with zero attached hydrogens (tertiary/aromatic N) is 3. The summed E-state index contributed by atoms with van der Waals surface area (Å²) in [5.41, 5.74) is 21.1. The van der Waals surface area contributed by atoms with E-state index in [9.17, 15) is 34.8 Å². The van der Waals surface area contributed by atoms with Gasteiger partial charge in [0, 0.05) is 19.5 Å². The van der Waals surface area contributed by atoms with Crippen molar-refractivity contribution in [2.45, 2.75) is 81.8 Å². The number of aliphatic imine (C=N–C) groups is 1. The van der Waals surface area contributed by atoms with Crippen molar-refractivity contribution in [1.82, 2.24) is 25.9 Å². The highest BCUT2D eigenvalue weighted by molar-refractivity contribution is 6.31. The molecular weight excluding hydrogens is 762 g/mol. The first kappa shape index (κ1) is 46.4. The molecule has 0 radical (unpaired) electrons. The van der Waals surface area contributed by atoms with Gasteiger partial charge in [-0.1, -0.05) is 60.1 Å². The van der Waals surface area contributed by atoms with Crippen molar-refractivity contribution in [2.24, 2.45) is 10.7 Å². The van der Waals surface area contributed by atoms with Crippen LogP contribution >= 0.6 is 11.6 Å². The zero-order chi connectivity index (χ0) is 41.9. The minimum absolute atomic E-state index is 0.0683. The summed E-state index contributed by atoms with van der Waals surface area (Å²) in [6.07, 6.45) is -1.76. The lowest BCUT2D eigenvalue weighted by molar-refractivity contribution is -0.145. The molecular formula is C38H54ClN9O9. The number of hydrogen-bond donors (Lipinski definition) is 11. The number of rotatable bonds is 23. The number of carbonyl (C=O) groups is 3. The fourth-order valence-corrected chi connectivity index (χ4v) is 5.77. The summed E-state index contributed by atoms with van der Waals surface area (Å²) < 4.78 is 4.87. The number of aryl methyl sites for hydroxylation is 2. The number of amides is 2. The third kappa shape index (κ3) is 15.5. The molecule has 0 aliphatic heterocycles. The van der Waals surface area contributed by atoms with E-state index in [1.165, 1.54) is 7.11 Å². The molecule has 3 rings (SSSR count). The first-order chi connectivity index (χ1) is 27.2. The van der Waals surface area contributed by atoms with Crippen LogP contribution in [0.5, 0.6) is 0 Å². The number of aliphatic hydroxyl groups excluding tert-OH is 5. The summed E-state index contributed by atoms with van der Waals surface area (Å²) >= 11 is 5.82. The van der Waals surface area contributed by atoms with Gasteiger partial charge in [0.1, 0.15) is 24.4 Å². The maximum Gasteiger partial charge on any atom is 0.328 e. The topological polar surface area (TPSA) is 314 Å². The average Bonchev–Trinajstić information content (AvgIpc) is 3.21. The Kier molecular flexibility index (Phi) is 19.5. The predicted molar refractivity (Wildman–Crippen MR) is 215 cm³/mol. The van der Waals surface area contributed by atoms with E-state index in [0.29, 0.717) is 38.8 Å². The number of aromatic nitrogens is 2. The molecule has 0 saturated heterocycles. The number of nitrogens with one attached hydrogen (secondary N) is 3. The number of anilines is 2. The fraction of sp³-hybridized carbons (Fsp3) is 0.474. The molecule has 0 aliphatic rings. The highest BCUT2D eigenvalue weighted by Gasteiger charge is 2.29. The molecule has 3 aromatic rings. The number of aliphatic hydroxyl groups is 5. The van der Waals surface area contributed by atoms with Crippen molar-refractivity contribution < 1.29 is 44.7 Å². The quantitative estimate of drug-likeness (QED) is 0.0256. The number of benzene rings is 2. The van der Waals surface area contributed by atoms with Crippen LogP contribution in [0, 0.1) is 0 Å². The van der Waals surface area contributed by atoms with Gasteiger partial charge in [-0.2, -0.15) is 0 Å². The third-order valence-electron chi connectivity index (χ3n) is 9.00. The van der Waals surface area contributed by atoms with Crippen molar-refractivity contribution in [2.75, 3.05) is 44.8 Å². The van der Waals surface area contributed by atoms with E-state index in [2.05, 4.69) is 55.2 Å². The molecule has 2 aromatic carbocycles. The van der Waals surface area contributed by atoms with Gasteiger partial charge in [-0.05, 0) is 73.7 Å². The fourth-order valence-electron chi connectivity index (χ4n) is 5.64. The molecule has 0 spiro atoms. The minimum atomic E-state index is -1.70. The summed E-state index contributed by atoms with van der Waals surface area (Å²) in [4.78, 5) is 49.2. The number of unbranched alkanes of at least 4 members (excludes halogenated alkanes) is 2. The second-order valence-electron chi connectivity index (χ2n) is 13.3. The lowest BCUT2D eigenvalue weighted by atomic mass is 9.99. The van der Waals surface area contributed by atoms with Crippen LogP contribution < -0.4 is 33.2 Å². The molecule has 312 valence electrons. The molecule has 0 unspecified atom stereocenters. The van der Waals surface area contributed by atoms with E-state index >= 15 is 0 Å². The van der Waals surface area contributed by atoms with Crippen LogP contribution in [-0.4, -0.2) is 123 Å². The molecule has 18 nitrogen and oxygen atoms in total. The van der Waals surface area contributed by atoms with Gasteiger partial charge in [-0.3, -0.25) is 19.9 Å². The standard InChI is InChI=1S/C38H54ClN9O9/c1-57-37(56)26(7-3-4-18-43-20-27(50)31(53)32(54)28(51)21-49)45-29(52)17-12-23-10-15-25(16-11-23)24-13-8-22(9-14-24)6-2-5-19-44-38(42)48-36(55)30-34(40)47-35(41)33(39)46-30/h8-11,13-16,26-28,31-32,43,49-51,53-54H,2-7,12,17-21H2,1H3,(H,45,52)(H4,40,41,47)(H3,42,44,48,55)/t26-,27+,28-,31-,32-/m1/s1. The number of carbonyl (C=O) groups excluding carboxylic acids is 3. The number of hydrogen-bond acceptors (Lipinski definition) is 15. The van der Waals surface area contributed by atoms with Gasteiger partial charge in [-0.25, -0.2) is 14.8 Å². The van der Waals surface area contributed by atoms with E-state index in [-0.39, 0.29) is 47.3 Å². The average molecular weight is 816 g/mol. The summed E-state index contributed by atoms with van der Waals surface area (Å²) in [6.45, 7) is -0.00245. The Morgan fingerprint density at radius 1 is 0.842 bits per heavy atom. The second-order valence-corrected chi connectivity index (χ2v) is 13.7. The molecule has 1 aromatic heterocycles. The van der Waals surface area contributed by atoms with Crippen LogP contribution in [0.2, 0.25) is 5.15 Å². The van der Waals surface area contributed by atoms with E-state index in [1.807, 2.05) is 24.3 Å². The zero-order valence-electron chi connectivity index (χ0n) is 31.8. The number of ether oxygens (including phenoxy) is 1. The van der Waals surface area contributed by atoms with Gasteiger partial charge in [0.15, 0.2) is 28.4 Å². The second kappa shape index (κ2) is 24.0. The number of halogens is 1. The number of nitrogen functional groups attached to an aromatic ring is 2. The third-order valence-corrected chi connectivity index (χ3v) is 9.27. The summed E-state index contributed by atoms with van der Waals surface area (Å²) in [5, 5.41) is 55.8. The molecule has 1 heterocycles. The first-order valence-corrected chi connectivity index (χ1v) is 18.9. The molecule has 2 amide bonds. The van der Waals surface area contributed by atoms with Gasteiger partial charge in [0.25, 0.3) is 5.91 Å². The Bertz CT molecular complexity index is 1770. The van der Waals surface area contributed by atoms with Gasteiger partial charge < -0.3 is 58.1 Å². The van der Waals surface area contributed by atoms with Crippen LogP contribution in [0.15, 0.2) is 53.5 Å². The van der Waals surface area contributed by atoms with Crippen LogP contribution in [0.25, 0.3) is 11.1 Å². The van der Waals surface area contributed by atoms with Crippen LogP contribution in [0.4, 0.5) is 11.6 Å². The highest BCUT2D eigenvalue weighted by Crippen LogP contribution is 2.22. The van der Waals surface area contributed by atoms with Crippen LogP contribution in [0.3, 0.4) is 0 Å². The monoisotopic (exact) mass is 815 g/mol. The number of esters is 1. The Hall–Kier alpha value is -4.95. The van der Waals surface area contributed by atoms with Gasteiger partial charge in [0.2, 0.25) is 5.91 Å². The van der Waals surface area contributed by atoms with Gasteiger partial charge in [0.05, 0.1) is 19.8 Å².